The molecular weight excluding hydrogens is 282 g/mol. The molecule has 0 aliphatic heterocycles. The number of nitrogens with two attached hydrogens (primary N) is 1. The highest BCUT2D eigenvalue weighted by Gasteiger charge is 2.15. The van der Waals surface area contributed by atoms with Crippen molar-refractivity contribution in [2.24, 2.45) is 5.73 Å². The molecule has 0 radical (unpaired) electrons. The summed E-state index contributed by atoms with van der Waals surface area (Å²) in [6, 6.07) is 14.8. The van der Waals surface area contributed by atoms with Crippen molar-refractivity contribution >= 4 is 23.4 Å². The van der Waals surface area contributed by atoms with Gasteiger partial charge in [-0.05, 0) is 29.8 Å². The molecule has 0 aliphatic rings. The second kappa shape index (κ2) is 6.73. The molecule has 0 spiro atoms. The summed E-state index contributed by atoms with van der Waals surface area (Å²) in [6.45, 7) is 0. The van der Waals surface area contributed by atoms with Crippen molar-refractivity contribution in [1.29, 1.82) is 0 Å². The van der Waals surface area contributed by atoms with Crippen LogP contribution in [-0.4, -0.2) is 24.2 Å². The summed E-state index contributed by atoms with van der Waals surface area (Å²) in [5, 5.41) is 11.6. The molecule has 1 unspecified atom stereocenters. The van der Waals surface area contributed by atoms with Gasteiger partial charge in [-0.1, -0.05) is 30.3 Å². The third-order valence-corrected chi connectivity index (χ3v) is 3.25. The molecular formula is C16H17N3O3. The summed E-state index contributed by atoms with van der Waals surface area (Å²) in [7, 11) is 1.45. The fourth-order valence-electron chi connectivity index (χ4n) is 1.91. The highest BCUT2D eigenvalue weighted by atomic mass is 16.4. The molecule has 0 aromatic heterocycles. The first-order chi connectivity index (χ1) is 10.5. The maximum atomic E-state index is 12.1. The number of anilines is 2. The molecule has 4 N–H and O–H groups in total. The molecule has 0 fully saturated rings. The van der Waals surface area contributed by atoms with E-state index in [0.29, 0.717) is 11.4 Å². The lowest BCUT2D eigenvalue weighted by molar-refractivity contribution is -0.117. The average molecular weight is 299 g/mol. The first-order valence-electron chi connectivity index (χ1n) is 6.67. The summed E-state index contributed by atoms with van der Waals surface area (Å²) in [4.78, 5) is 24.0. The molecule has 22 heavy (non-hydrogen) atoms. The summed E-state index contributed by atoms with van der Waals surface area (Å²) in [6.07, 6.45) is -1.05. The summed E-state index contributed by atoms with van der Waals surface area (Å²) >= 11 is 0. The molecule has 2 aromatic rings. The first kappa shape index (κ1) is 15.5. The van der Waals surface area contributed by atoms with Gasteiger partial charge in [0, 0.05) is 18.4 Å². The Morgan fingerprint density at radius 3 is 2.23 bits per heavy atom. The third-order valence-electron chi connectivity index (χ3n) is 3.25. The van der Waals surface area contributed by atoms with Crippen LogP contribution >= 0.6 is 0 Å². The molecule has 0 bridgehead atoms. The number of nitrogens with one attached hydrogen (secondary N) is 1. The van der Waals surface area contributed by atoms with E-state index in [9.17, 15) is 9.59 Å². The zero-order valence-electron chi connectivity index (χ0n) is 12.1. The van der Waals surface area contributed by atoms with Crippen LogP contribution in [0.1, 0.15) is 11.6 Å². The molecule has 1 atom stereocenters. The van der Waals surface area contributed by atoms with Gasteiger partial charge in [0.25, 0.3) is 0 Å². The summed E-state index contributed by atoms with van der Waals surface area (Å²) < 4.78 is 0. The van der Waals surface area contributed by atoms with E-state index < -0.39 is 12.1 Å². The van der Waals surface area contributed by atoms with E-state index in [0.717, 1.165) is 10.5 Å². The highest BCUT2D eigenvalue weighted by Crippen LogP contribution is 2.18. The van der Waals surface area contributed by atoms with E-state index in [1.807, 2.05) is 18.2 Å². The first-order valence-corrected chi connectivity index (χ1v) is 6.67. The van der Waals surface area contributed by atoms with Crippen LogP contribution in [0.15, 0.2) is 54.6 Å². The molecule has 0 aliphatic carbocycles. The molecule has 114 valence electrons. The minimum atomic E-state index is -1.05. The fraction of sp³-hybridized carbons (Fsp3) is 0.125. The van der Waals surface area contributed by atoms with Crippen molar-refractivity contribution in [3.8, 4) is 0 Å². The number of nitrogens with zero attached hydrogens (tertiary/aromatic N) is 1. The van der Waals surface area contributed by atoms with E-state index >= 15 is 0 Å². The van der Waals surface area contributed by atoms with Crippen LogP contribution in [0.5, 0.6) is 0 Å². The van der Waals surface area contributed by atoms with Gasteiger partial charge in [0.1, 0.15) is 6.04 Å². The van der Waals surface area contributed by atoms with Crippen LogP contribution in [0.4, 0.5) is 16.2 Å². The second-order valence-electron chi connectivity index (χ2n) is 4.77. The van der Waals surface area contributed by atoms with E-state index in [2.05, 4.69) is 5.32 Å². The van der Waals surface area contributed by atoms with Gasteiger partial charge in [-0.25, -0.2) is 4.79 Å². The molecule has 0 saturated heterocycles. The van der Waals surface area contributed by atoms with Crippen molar-refractivity contribution in [3.05, 3.63) is 60.2 Å². The summed E-state index contributed by atoms with van der Waals surface area (Å²) in [5.74, 6) is -0.328. The van der Waals surface area contributed by atoms with Crippen LogP contribution in [-0.2, 0) is 4.79 Å². The lowest BCUT2D eigenvalue weighted by Gasteiger charge is -2.15. The maximum absolute atomic E-state index is 12.1. The number of rotatable bonds is 4. The number of amides is 2. The van der Waals surface area contributed by atoms with E-state index in [4.69, 9.17) is 10.8 Å². The monoisotopic (exact) mass is 299 g/mol. The minimum Gasteiger partial charge on any atom is -0.465 e. The Hall–Kier alpha value is -2.86. The van der Waals surface area contributed by atoms with Crippen molar-refractivity contribution in [2.45, 2.75) is 6.04 Å². The van der Waals surface area contributed by atoms with Crippen molar-refractivity contribution < 1.29 is 14.7 Å². The Morgan fingerprint density at radius 1 is 1.09 bits per heavy atom. The Labute approximate surface area is 128 Å². The number of carbonyl (C=O) groups excluding carboxylic acids is 1. The third kappa shape index (κ3) is 3.62. The molecule has 0 saturated carbocycles. The van der Waals surface area contributed by atoms with Gasteiger partial charge in [0.15, 0.2) is 0 Å². The van der Waals surface area contributed by atoms with Gasteiger partial charge in [0.05, 0.1) is 0 Å². The minimum absolute atomic E-state index is 0.328. The smallest absolute Gasteiger partial charge is 0.411 e. The number of hydrogen-bond donors (Lipinski definition) is 3. The van der Waals surface area contributed by atoms with Crippen LogP contribution in [0.3, 0.4) is 0 Å². The number of carboxylic acid groups (broad SMARTS) is 1. The van der Waals surface area contributed by atoms with Gasteiger partial charge in [-0.2, -0.15) is 0 Å². The predicted octanol–water partition coefficient (Wildman–Crippen LogP) is 2.44. The van der Waals surface area contributed by atoms with Gasteiger partial charge < -0.3 is 16.2 Å². The zero-order valence-corrected chi connectivity index (χ0v) is 12.1. The SMILES string of the molecule is CN(C(=O)O)c1ccc(NC(=O)C(N)c2ccccc2)cc1. The zero-order chi connectivity index (χ0) is 16.1. The van der Waals surface area contributed by atoms with E-state index in [1.54, 1.807) is 36.4 Å². The Morgan fingerprint density at radius 2 is 1.68 bits per heavy atom. The lowest BCUT2D eigenvalue weighted by atomic mass is 10.1. The quantitative estimate of drug-likeness (QED) is 0.808. The average Bonchev–Trinajstić information content (AvgIpc) is 2.54. The van der Waals surface area contributed by atoms with Crippen LogP contribution in [0.25, 0.3) is 0 Å². The van der Waals surface area contributed by atoms with Crippen LogP contribution in [0.2, 0.25) is 0 Å². The molecule has 6 heteroatoms. The molecule has 2 aromatic carbocycles. The highest BCUT2D eigenvalue weighted by molar-refractivity contribution is 5.95. The van der Waals surface area contributed by atoms with Gasteiger partial charge in [-0.15, -0.1) is 0 Å². The van der Waals surface area contributed by atoms with Gasteiger partial charge >= 0.3 is 6.09 Å². The number of carbonyl (C=O) groups is 2. The normalized spacial score (nSPS) is 11.5. The molecule has 2 rings (SSSR count). The predicted molar refractivity (Wildman–Crippen MR) is 84.9 cm³/mol. The van der Waals surface area contributed by atoms with Crippen LogP contribution < -0.4 is 16.0 Å². The van der Waals surface area contributed by atoms with Gasteiger partial charge in [-0.3, -0.25) is 9.69 Å². The number of benzene rings is 2. The van der Waals surface area contributed by atoms with Crippen molar-refractivity contribution in [1.82, 2.24) is 0 Å². The Bertz CT molecular complexity index is 656. The fourth-order valence-corrected chi connectivity index (χ4v) is 1.91. The van der Waals surface area contributed by atoms with Crippen molar-refractivity contribution in [3.63, 3.8) is 0 Å². The Kier molecular flexibility index (Phi) is 4.75. The standard InChI is InChI=1S/C16H17N3O3/c1-19(16(21)22)13-9-7-12(8-10-13)18-15(20)14(17)11-5-3-2-4-6-11/h2-10,14H,17H2,1H3,(H,18,20)(H,21,22). The molecule has 6 nitrogen and oxygen atoms in total. The topological polar surface area (TPSA) is 95.7 Å². The van der Waals surface area contributed by atoms with Crippen molar-refractivity contribution in [2.75, 3.05) is 17.3 Å². The van der Waals surface area contributed by atoms with E-state index in [1.165, 1.54) is 7.05 Å². The summed E-state index contributed by atoms with van der Waals surface area (Å²) in [5.41, 5.74) is 7.70. The van der Waals surface area contributed by atoms with Gasteiger partial charge in [0.2, 0.25) is 5.91 Å². The molecule has 0 heterocycles. The maximum Gasteiger partial charge on any atom is 0.411 e. The largest absolute Gasteiger partial charge is 0.465 e. The molecule has 2 amide bonds. The number of hydrogen-bond acceptors (Lipinski definition) is 3. The Balaban J connectivity index is 2.04. The second-order valence-corrected chi connectivity index (χ2v) is 4.77. The van der Waals surface area contributed by atoms with E-state index in [-0.39, 0.29) is 5.91 Å². The van der Waals surface area contributed by atoms with Crippen LogP contribution in [0, 0.1) is 0 Å². The lowest BCUT2D eigenvalue weighted by Crippen LogP contribution is -2.27.